The number of nitrogens with zero attached hydrogens (tertiary/aromatic N) is 1. The topological polar surface area (TPSA) is 69.6 Å². The van der Waals surface area contributed by atoms with Crippen molar-refractivity contribution in [3.05, 3.63) is 0 Å². The highest BCUT2D eigenvalue weighted by atomic mass is 16.4. The molecule has 104 valence electrons. The second-order valence-corrected chi connectivity index (χ2v) is 5.04. The van der Waals surface area contributed by atoms with Crippen LogP contribution in [0.2, 0.25) is 0 Å². The minimum Gasteiger partial charge on any atom is -0.481 e. The smallest absolute Gasteiger partial charge is 0.317 e. The lowest BCUT2D eigenvalue weighted by Crippen LogP contribution is -2.46. The van der Waals surface area contributed by atoms with Gasteiger partial charge in [-0.3, -0.25) is 4.79 Å². The van der Waals surface area contributed by atoms with E-state index in [9.17, 15) is 9.59 Å². The van der Waals surface area contributed by atoms with Crippen LogP contribution in [0.3, 0.4) is 0 Å². The molecule has 1 fully saturated rings. The van der Waals surface area contributed by atoms with Gasteiger partial charge >= 0.3 is 12.0 Å². The molecule has 0 heterocycles. The first kappa shape index (κ1) is 14.8. The number of carboxylic acids is 1. The molecule has 0 aromatic rings. The number of rotatable bonds is 8. The lowest BCUT2D eigenvalue weighted by Gasteiger charge is -2.25. The van der Waals surface area contributed by atoms with Crippen molar-refractivity contribution in [3.8, 4) is 0 Å². The van der Waals surface area contributed by atoms with Crippen molar-refractivity contribution in [2.24, 2.45) is 5.92 Å². The Labute approximate surface area is 109 Å². The maximum absolute atomic E-state index is 12.1. The van der Waals surface area contributed by atoms with Gasteiger partial charge in [-0.2, -0.15) is 0 Å². The van der Waals surface area contributed by atoms with Gasteiger partial charge in [-0.1, -0.05) is 13.8 Å². The third-order valence-electron chi connectivity index (χ3n) is 3.20. The molecule has 1 unspecified atom stereocenters. The van der Waals surface area contributed by atoms with Crippen LogP contribution in [0, 0.1) is 5.92 Å². The van der Waals surface area contributed by atoms with Gasteiger partial charge in [0.15, 0.2) is 0 Å². The Hall–Kier alpha value is -1.26. The molecular weight excluding hydrogens is 232 g/mol. The number of carbonyl (C=O) groups excluding carboxylic acids is 1. The zero-order chi connectivity index (χ0) is 13.5. The monoisotopic (exact) mass is 256 g/mol. The molecule has 0 radical (unpaired) electrons. The van der Waals surface area contributed by atoms with E-state index >= 15 is 0 Å². The molecule has 0 bridgehead atoms. The molecule has 0 aliphatic heterocycles. The molecule has 5 heteroatoms. The van der Waals surface area contributed by atoms with Crippen LogP contribution >= 0.6 is 0 Å². The van der Waals surface area contributed by atoms with E-state index in [2.05, 4.69) is 5.32 Å². The Morgan fingerprint density at radius 2 is 2.06 bits per heavy atom. The summed E-state index contributed by atoms with van der Waals surface area (Å²) in [7, 11) is 0. The van der Waals surface area contributed by atoms with E-state index in [0.717, 1.165) is 19.5 Å². The number of carbonyl (C=O) groups is 2. The average molecular weight is 256 g/mol. The van der Waals surface area contributed by atoms with Crippen molar-refractivity contribution in [2.75, 3.05) is 13.1 Å². The molecule has 0 aromatic heterocycles. The molecule has 2 N–H and O–H groups in total. The quantitative estimate of drug-likeness (QED) is 0.698. The Balaban J connectivity index is 2.44. The number of urea groups is 1. The third kappa shape index (κ3) is 5.38. The van der Waals surface area contributed by atoms with Gasteiger partial charge in [0, 0.05) is 19.1 Å². The molecule has 1 saturated carbocycles. The van der Waals surface area contributed by atoms with Crippen molar-refractivity contribution in [2.45, 2.75) is 52.0 Å². The van der Waals surface area contributed by atoms with Crippen LogP contribution in [0.4, 0.5) is 4.79 Å². The van der Waals surface area contributed by atoms with Crippen LogP contribution in [0.15, 0.2) is 0 Å². The van der Waals surface area contributed by atoms with E-state index in [-0.39, 0.29) is 18.5 Å². The third-order valence-corrected chi connectivity index (χ3v) is 3.20. The Kier molecular flexibility index (Phi) is 5.95. The molecule has 0 aromatic carbocycles. The minimum absolute atomic E-state index is 0.00830. The molecule has 1 aliphatic rings. The first-order valence-corrected chi connectivity index (χ1v) is 6.84. The number of carboxylic acid groups (broad SMARTS) is 1. The highest BCUT2D eigenvalue weighted by molar-refractivity contribution is 5.76. The molecular formula is C13H24N2O3. The summed E-state index contributed by atoms with van der Waals surface area (Å²) in [6.07, 6.45) is 3.97. The van der Waals surface area contributed by atoms with Crippen LogP contribution in [-0.4, -0.2) is 41.1 Å². The van der Waals surface area contributed by atoms with E-state index in [1.54, 1.807) is 0 Å². The van der Waals surface area contributed by atoms with Crippen LogP contribution in [0.1, 0.15) is 46.0 Å². The summed E-state index contributed by atoms with van der Waals surface area (Å²) < 4.78 is 0. The largest absolute Gasteiger partial charge is 0.481 e. The van der Waals surface area contributed by atoms with Crippen molar-refractivity contribution in [1.29, 1.82) is 0 Å². The maximum atomic E-state index is 12.1. The van der Waals surface area contributed by atoms with Crippen LogP contribution < -0.4 is 5.32 Å². The Morgan fingerprint density at radius 3 is 2.50 bits per heavy atom. The number of nitrogens with one attached hydrogen (secondary N) is 1. The van der Waals surface area contributed by atoms with Crippen molar-refractivity contribution in [1.82, 2.24) is 10.2 Å². The fraction of sp³-hybridized carbons (Fsp3) is 0.846. The highest BCUT2D eigenvalue weighted by Crippen LogP contribution is 2.29. The Morgan fingerprint density at radius 1 is 1.39 bits per heavy atom. The van der Waals surface area contributed by atoms with Gasteiger partial charge < -0.3 is 15.3 Å². The van der Waals surface area contributed by atoms with E-state index in [1.165, 1.54) is 12.8 Å². The molecule has 5 nitrogen and oxygen atoms in total. The van der Waals surface area contributed by atoms with Crippen LogP contribution in [-0.2, 0) is 4.79 Å². The predicted octanol–water partition coefficient (Wildman–Crippen LogP) is 2.07. The average Bonchev–Trinajstić information content (AvgIpc) is 3.10. The molecule has 2 amide bonds. The van der Waals surface area contributed by atoms with Crippen molar-refractivity contribution < 1.29 is 14.7 Å². The van der Waals surface area contributed by atoms with Gasteiger partial charge in [0.25, 0.3) is 0 Å². The number of aliphatic carboxylic acids is 1. The van der Waals surface area contributed by atoms with E-state index in [0.29, 0.717) is 12.3 Å². The van der Waals surface area contributed by atoms with E-state index in [1.807, 2.05) is 18.7 Å². The summed E-state index contributed by atoms with van der Waals surface area (Å²) in [5.74, 6) is -0.215. The zero-order valence-electron chi connectivity index (χ0n) is 11.3. The first-order valence-electron chi connectivity index (χ1n) is 6.84. The van der Waals surface area contributed by atoms with Gasteiger partial charge in [0.05, 0.1) is 6.42 Å². The lowest BCUT2D eigenvalue weighted by atomic mass is 10.1. The fourth-order valence-electron chi connectivity index (χ4n) is 1.93. The van der Waals surface area contributed by atoms with Gasteiger partial charge in [-0.25, -0.2) is 4.79 Å². The summed E-state index contributed by atoms with van der Waals surface area (Å²) in [6.45, 7) is 5.48. The maximum Gasteiger partial charge on any atom is 0.317 e. The van der Waals surface area contributed by atoms with E-state index < -0.39 is 5.97 Å². The second kappa shape index (κ2) is 7.24. The molecule has 1 rings (SSSR count). The summed E-state index contributed by atoms with van der Waals surface area (Å²) >= 11 is 0. The zero-order valence-corrected chi connectivity index (χ0v) is 11.3. The fourth-order valence-corrected chi connectivity index (χ4v) is 1.93. The number of hydrogen-bond acceptors (Lipinski definition) is 2. The highest BCUT2D eigenvalue weighted by Gasteiger charge is 2.27. The predicted molar refractivity (Wildman–Crippen MR) is 69.5 cm³/mol. The summed E-state index contributed by atoms with van der Waals surface area (Å²) in [4.78, 5) is 24.6. The molecule has 0 saturated heterocycles. The standard InChI is InChI=1S/C13H24N2O3/c1-3-7-15(9-10-5-6-10)13(18)14-11(4-2)8-12(16)17/h10-11H,3-9H2,1-2H3,(H,14,18)(H,16,17). The second-order valence-electron chi connectivity index (χ2n) is 5.04. The van der Waals surface area contributed by atoms with Crippen molar-refractivity contribution >= 4 is 12.0 Å². The van der Waals surface area contributed by atoms with Gasteiger partial charge in [0.1, 0.15) is 0 Å². The van der Waals surface area contributed by atoms with Gasteiger partial charge in [-0.15, -0.1) is 0 Å². The number of amides is 2. The summed E-state index contributed by atoms with van der Waals surface area (Å²) in [5.41, 5.74) is 0. The summed E-state index contributed by atoms with van der Waals surface area (Å²) in [5, 5.41) is 11.6. The van der Waals surface area contributed by atoms with Gasteiger partial charge in [0.2, 0.25) is 0 Å². The van der Waals surface area contributed by atoms with Crippen LogP contribution in [0.25, 0.3) is 0 Å². The van der Waals surface area contributed by atoms with Gasteiger partial charge in [-0.05, 0) is 31.6 Å². The van der Waals surface area contributed by atoms with Crippen molar-refractivity contribution in [3.63, 3.8) is 0 Å². The lowest BCUT2D eigenvalue weighted by molar-refractivity contribution is -0.137. The molecule has 18 heavy (non-hydrogen) atoms. The normalized spacial score (nSPS) is 16.1. The molecule has 1 atom stereocenters. The Bertz CT molecular complexity index is 290. The number of hydrogen-bond donors (Lipinski definition) is 2. The summed E-state index contributed by atoms with van der Waals surface area (Å²) in [6, 6.07) is -0.384. The van der Waals surface area contributed by atoms with E-state index in [4.69, 9.17) is 5.11 Å². The van der Waals surface area contributed by atoms with Crippen LogP contribution in [0.5, 0.6) is 0 Å². The molecule has 1 aliphatic carbocycles. The SMILES string of the molecule is CCCN(CC1CC1)C(=O)NC(CC)CC(=O)O. The molecule has 0 spiro atoms. The first-order chi connectivity index (χ1) is 8.56. The minimum atomic E-state index is -0.869.